The quantitative estimate of drug-likeness (QED) is 0.240. The molecule has 156 valence electrons. The molecule has 0 spiro atoms. The summed E-state index contributed by atoms with van der Waals surface area (Å²) in [7, 11) is 2.11. The first-order chi connectivity index (χ1) is 13.2. The summed E-state index contributed by atoms with van der Waals surface area (Å²) >= 11 is 0. The molecule has 4 atom stereocenters. The SMILES string of the molecule is COC(=O)C(CC1OC(n2cc(C)c(=O)[nH]c2=O)C(OOF)C1O)C(=O)OC. The zero-order valence-electron chi connectivity index (χ0n) is 15.1. The van der Waals surface area contributed by atoms with E-state index in [1.807, 2.05) is 4.98 Å². The molecule has 2 N–H and O–H groups in total. The second kappa shape index (κ2) is 9.05. The predicted octanol–water partition coefficient (Wildman–Crippen LogP) is -1.34. The molecule has 0 bridgehead atoms. The number of methoxy groups -OCH3 is 2. The van der Waals surface area contributed by atoms with Crippen molar-refractivity contribution < 1.29 is 43.4 Å². The van der Waals surface area contributed by atoms with E-state index < -0.39 is 60.1 Å². The number of halogens is 1. The van der Waals surface area contributed by atoms with E-state index in [9.17, 15) is 28.8 Å². The first-order valence-electron chi connectivity index (χ1n) is 8.00. The zero-order valence-corrected chi connectivity index (χ0v) is 15.1. The summed E-state index contributed by atoms with van der Waals surface area (Å²) in [4.78, 5) is 53.7. The van der Waals surface area contributed by atoms with Crippen LogP contribution in [0.1, 0.15) is 18.2 Å². The van der Waals surface area contributed by atoms with Crippen molar-refractivity contribution in [3.05, 3.63) is 32.6 Å². The maximum absolute atomic E-state index is 12.3. The molecule has 0 amide bonds. The molecule has 4 unspecified atom stereocenters. The number of nitrogens with zero attached hydrogens (tertiary/aromatic N) is 1. The smallest absolute Gasteiger partial charge is 0.330 e. The van der Waals surface area contributed by atoms with E-state index in [4.69, 9.17) is 4.74 Å². The third-order valence-corrected chi connectivity index (χ3v) is 4.32. The number of aliphatic hydroxyl groups is 1. The fraction of sp³-hybridized carbons (Fsp3) is 0.600. The van der Waals surface area contributed by atoms with Gasteiger partial charge in [-0.05, 0) is 16.5 Å². The number of aromatic amines is 1. The molecule has 1 saturated heterocycles. The van der Waals surface area contributed by atoms with Crippen molar-refractivity contribution in [3.63, 3.8) is 0 Å². The number of ether oxygens (including phenoxy) is 3. The molecule has 1 fully saturated rings. The van der Waals surface area contributed by atoms with Crippen LogP contribution >= 0.6 is 0 Å². The van der Waals surface area contributed by atoms with Gasteiger partial charge in [-0.2, -0.15) is 4.89 Å². The van der Waals surface area contributed by atoms with Gasteiger partial charge < -0.3 is 19.3 Å². The van der Waals surface area contributed by atoms with Crippen LogP contribution in [-0.2, 0) is 33.8 Å². The average molecular weight is 406 g/mol. The van der Waals surface area contributed by atoms with Gasteiger partial charge in [0.05, 0.1) is 20.3 Å². The minimum absolute atomic E-state index is 0.128. The summed E-state index contributed by atoms with van der Waals surface area (Å²) in [6.07, 6.45) is -5.18. The first kappa shape index (κ1) is 21.7. The van der Waals surface area contributed by atoms with E-state index in [2.05, 4.69) is 19.5 Å². The van der Waals surface area contributed by atoms with Crippen molar-refractivity contribution in [2.45, 2.75) is 37.9 Å². The Labute approximate surface area is 156 Å². The topological polar surface area (TPSA) is 155 Å². The molecule has 1 aromatic heterocycles. The Hall–Kier alpha value is -2.61. The van der Waals surface area contributed by atoms with Crippen molar-refractivity contribution in [1.29, 1.82) is 0 Å². The van der Waals surface area contributed by atoms with Crippen LogP contribution in [0.25, 0.3) is 0 Å². The number of esters is 2. The molecule has 0 radical (unpaired) electrons. The number of aryl methyl sites for hydroxylation is 1. The van der Waals surface area contributed by atoms with Crippen LogP contribution in [0.2, 0.25) is 0 Å². The molecule has 28 heavy (non-hydrogen) atoms. The summed E-state index contributed by atoms with van der Waals surface area (Å²) in [5, 5.41) is 13.5. The minimum atomic E-state index is -1.61. The van der Waals surface area contributed by atoms with E-state index >= 15 is 0 Å². The van der Waals surface area contributed by atoms with Crippen molar-refractivity contribution >= 4 is 11.9 Å². The largest absolute Gasteiger partial charge is 0.468 e. The highest BCUT2D eigenvalue weighted by Gasteiger charge is 2.49. The average Bonchev–Trinajstić information content (AvgIpc) is 2.97. The maximum Gasteiger partial charge on any atom is 0.330 e. The molecular weight excluding hydrogens is 387 g/mol. The van der Waals surface area contributed by atoms with E-state index in [1.165, 1.54) is 6.92 Å². The first-order valence-corrected chi connectivity index (χ1v) is 8.00. The molecule has 0 aliphatic carbocycles. The molecule has 1 aromatic rings. The summed E-state index contributed by atoms with van der Waals surface area (Å²) in [6.45, 7) is 1.41. The van der Waals surface area contributed by atoms with E-state index in [1.54, 1.807) is 0 Å². The van der Waals surface area contributed by atoms with Crippen LogP contribution in [0.5, 0.6) is 0 Å². The monoisotopic (exact) mass is 406 g/mol. The molecule has 13 heteroatoms. The van der Waals surface area contributed by atoms with Crippen molar-refractivity contribution in [2.24, 2.45) is 5.92 Å². The summed E-state index contributed by atoms with van der Waals surface area (Å²) in [6, 6.07) is 0. The molecule has 0 saturated carbocycles. The van der Waals surface area contributed by atoms with Crippen LogP contribution in [-0.4, -0.2) is 59.1 Å². The summed E-state index contributed by atoms with van der Waals surface area (Å²) in [5.74, 6) is -3.33. The fourth-order valence-electron chi connectivity index (χ4n) is 2.86. The van der Waals surface area contributed by atoms with Gasteiger partial charge in [0.25, 0.3) is 5.56 Å². The standard InChI is InChI=1S/C15H19FN2O10/c1-6-5-18(15(23)17-11(6)20)12-10(27-28-16)9(19)8(26-12)4-7(13(21)24-2)14(22)25-3/h5,7-10,12,19H,4H2,1-3H3,(H,17,20,23). The van der Waals surface area contributed by atoms with E-state index in [0.717, 1.165) is 25.0 Å². The Kier molecular flexibility index (Phi) is 7.01. The molecule has 2 rings (SSSR count). The number of nitrogens with one attached hydrogen (secondary N) is 1. The van der Waals surface area contributed by atoms with Gasteiger partial charge in [-0.15, -0.1) is 0 Å². The van der Waals surface area contributed by atoms with Crippen LogP contribution < -0.4 is 11.2 Å². The number of aliphatic hydroxyl groups excluding tert-OH is 1. The summed E-state index contributed by atoms with van der Waals surface area (Å²) in [5.41, 5.74) is -1.44. The lowest BCUT2D eigenvalue weighted by Crippen LogP contribution is -2.40. The van der Waals surface area contributed by atoms with E-state index in [0.29, 0.717) is 0 Å². The lowest BCUT2D eigenvalue weighted by atomic mass is 9.97. The fourth-order valence-corrected chi connectivity index (χ4v) is 2.86. The van der Waals surface area contributed by atoms with Crippen molar-refractivity contribution in [3.8, 4) is 0 Å². The molecular formula is C15H19FN2O10. The molecule has 12 nitrogen and oxygen atoms in total. The second-order valence-corrected chi connectivity index (χ2v) is 5.99. The van der Waals surface area contributed by atoms with Gasteiger partial charge in [0.2, 0.25) is 0 Å². The Balaban J connectivity index is 2.36. The lowest BCUT2D eigenvalue weighted by Gasteiger charge is -2.19. The maximum atomic E-state index is 12.3. The number of carbonyl (C=O) groups is 2. The minimum Gasteiger partial charge on any atom is -0.468 e. The zero-order chi connectivity index (χ0) is 21.0. The molecule has 1 aliphatic rings. The highest BCUT2D eigenvalue weighted by molar-refractivity contribution is 5.94. The lowest BCUT2D eigenvalue weighted by molar-refractivity contribution is -0.459. The van der Waals surface area contributed by atoms with Crippen LogP contribution in [0.15, 0.2) is 15.8 Å². The Morgan fingerprint density at radius 3 is 2.46 bits per heavy atom. The van der Waals surface area contributed by atoms with Gasteiger partial charge in [0.1, 0.15) is 6.10 Å². The Morgan fingerprint density at radius 2 is 1.93 bits per heavy atom. The number of hydrogen-bond donors (Lipinski definition) is 2. The van der Waals surface area contributed by atoms with Gasteiger partial charge in [-0.3, -0.25) is 23.9 Å². The summed E-state index contributed by atoms with van der Waals surface area (Å²) < 4.78 is 27.8. The third kappa shape index (κ3) is 4.27. The van der Waals surface area contributed by atoms with E-state index in [-0.39, 0.29) is 5.56 Å². The third-order valence-electron chi connectivity index (χ3n) is 4.32. The predicted molar refractivity (Wildman–Crippen MR) is 85.2 cm³/mol. The van der Waals surface area contributed by atoms with Crippen LogP contribution in [0.3, 0.4) is 0 Å². The van der Waals surface area contributed by atoms with Crippen molar-refractivity contribution in [2.75, 3.05) is 14.2 Å². The number of hydrogen-bond acceptors (Lipinski definition) is 10. The molecule has 2 heterocycles. The van der Waals surface area contributed by atoms with Crippen LogP contribution in [0, 0.1) is 12.8 Å². The number of rotatable bonds is 7. The van der Waals surface area contributed by atoms with Gasteiger partial charge in [0, 0.05) is 18.2 Å². The Bertz CT molecular complexity index is 821. The number of H-pyrrole nitrogens is 1. The highest BCUT2D eigenvalue weighted by Crippen LogP contribution is 2.34. The van der Waals surface area contributed by atoms with Gasteiger partial charge in [-0.1, -0.05) is 0 Å². The Morgan fingerprint density at radius 1 is 1.32 bits per heavy atom. The second-order valence-electron chi connectivity index (χ2n) is 5.99. The van der Waals surface area contributed by atoms with Gasteiger partial charge >= 0.3 is 17.6 Å². The van der Waals surface area contributed by atoms with Crippen LogP contribution in [0.4, 0.5) is 4.53 Å². The normalized spacial score (nSPS) is 24.4. The van der Waals surface area contributed by atoms with Crippen molar-refractivity contribution in [1.82, 2.24) is 9.55 Å². The highest BCUT2D eigenvalue weighted by atomic mass is 19.3. The molecule has 1 aliphatic heterocycles. The number of aromatic nitrogens is 2. The molecule has 0 aromatic carbocycles. The number of carbonyl (C=O) groups excluding carboxylic acids is 2. The van der Waals surface area contributed by atoms with Gasteiger partial charge in [0.15, 0.2) is 18.2 Å². The van der Waals surface area contributed by atoms with Gasteiger partial charge in [-0.25, -0.2) is 4.79 Å².